The van der Waals surface area contributed by atoms with Gasteiger partial charge in [-0.2, -0.15) is 0 Å². The van der Waals surface area contributed by atoms with Gasteiger partial charge in [0.2, 0.25) is 0 Å². The van der Waals surface area contributed by atoms with Gasteiger partial charge < -0.3 is 4.98 Å². The van der Waals surface area contributed by atoms with Gasteiger partial charge in [0.05, 0.1) is 11.0 Å². The summed E-state index contributed by atoms with van der Waals surface area (Å²) in [5.41, 5.74) is 2.26. The molecule has 0 aliphatic rings. The smallest absolute Gasteiger partial charge is 0.107 e. The molecular formula is C21H22N2. The van der Waals surface area contributed by atoms with Gasteiger partial charge in [0.15, 0.2) is 0 Å². The molecule has 4 rings (SSSR count). The van der Waals surface area contributed by atoms with E-state index in [1.165, 1.54) is 47.2 Å². The molecule has 0 aliphatic heterocycles. The summed E-state index contributed by atoms with van der Waals surface area (Å²) in [7, 11) is 0. The SMILES string of the molecule is CCCCCCc1nc2c(ccc3c4ccccc4ccc32)[nH]1. The Morgan fingerprint density at radius 1 is 0.826 bits per heavy atom. The van der Waals surface area contributed by atoms with Gasteiger partial charge in [-0.05, 0) is 28.6 Å². The van der Waals surface area contributed by atoms with Crippen LogP contribution in [-0.2, 0) is 6.42 Å². The van der Waals surface area contributed by atoms with Crippen molar-refractivity contribution in [2.24, 2.45) is 0 Å². The monoisotopic (exact) mass is 302 g/mol. The van der Waals surface area contributed by atoms with Crippen molar-refractivity contribution in [2.75, 3.05) is 0 Å². The quantitative estimate of drug-likeness (QED) is 0.356. The lowest BCUT2D eigenvalue weighted by Crippen LogP contribution is -1.88. The molecule has 0 aliphatic carbocycles. The van der Waals surface area contributed by atoms with Crippen molar-refractivity contribution in [2.45, 2.75) is 39.0 Å². The Bertz CT molecular complexity index is 965. The zero-order chi connectivity index (χ0) is 15.6. The Morgan fingerprint density at radius 3 is 2.61 bits per heavy atom. The van der Waals surface area contributed by atoms with Crippen LogP contribution in [0.2, 0.25) is 0 Å². The maximum absolute atomic E-state index is 4.89. The molecule has 0 bridgehead atoms. The van der Waals surface area contributed by atoms with Crippen LogP contribution in [0.15, 0.2) is 48.5 Å². The van der Waals surface area contributed by atoms with Gasteiger partial charge in [0.25, 0.3) is 0 Å². The van der Waals surface area contributed by atoms with E-state index in [9.17, 15) is 0 Å². The van der Waals surface area contributed by atoms with Crippen LogP contribution in [-0.4, -0.2) is 9.97 Å². The second kappa shape index (κ2) is 6.04. The number of aromatic amines is 1. The molecule has 0 radical (unpaired) electrons. The molecule has 0 fully saturated rings. The van der Waals surface area contributed by atoms with Crippen molar-refractivity contribution in [1.82, 2.24) is 9.97 Å². The van der Waals surface area contributed by atoms with Gasteiger partial charge in [-0.15, -0.1) is 0 Å². The van der Waals surface area contributed by atoms with E-state index in [4.69, 9.17) is 4.98 Å². The second-order valence-corrected chi connectivity index (χ2v) is 6.34. The summed E-state index contributed by atoms with van der Waals surface area (Å²) in [5.74, 6) is 1.12. The predicted octanol–water partition coefficient (Wildman–Crippen LogP) is 5.99. The summed E-state index contributed by atoms with van der Waals surface area (Å²) in [6.45, 7) is 2.25. The Morgan fingerprint density at radius 2 is 1.70 bits per heavy atom. The number of fused-ring (bicyclic) bond motifs is 5. The minimum absolute atomic E-state index is 1.05. The lowest BCUT2D eigenvalue weighted by Gasteiger charge is -2.03. The summed E-state index contributed by atoms with van der Waals surface area (Å²) in [4.78, 5) is 8.39. The number of nitrogens with one attached hydrogen (secondary N) is 1. The Hall–Kier alpha value is -2.35. The topological polar surface area (TPSA) is 28.7 Å². The molecule has 116 valence electrons. The van der Waals surface area contributed by atoms with Gasteiger partial charge in [-0.3, -0.25) is 0 Å². The third-order valence-electron chi connectivity index (χ3n) is 4.69. The molecule has 0 atom stereocenters. The fourth-order valence-corrected chi connectivity index (χ4v) is 3.45. The largest absolute Gasteiger partial charge is 0.342 e. The molecule has 0 saturated heterocycles. The molecular weight excluding hydrogens is 280 g/mol. The number of nitrogens with zero attached hydrogens (tertiary/aromatic N) is 1. The number of hydrogen-bond donors (Lipinski definition) is 1. The highest BCUT2D eigenvalue weighted by Crippen LogP contribution is 2.30. The molecule has 2 nitrogen and oxygen atoms in total. The first kappa shape index (κ1) is 14.3. The summed E-state index contributed by atoms with van der Waals surface area (Å²) in [5, 5.41) is 5.13. The van der Waals surface area contributed by atoms with Crippen molar-refractivity contribution in [3.8, 4) is 0 Å². The molecule has 3 aromatic carbocycles. The number of hydrogen-bond acceptors (Lipinski definition) is 1. The molecule has 1 aromatic heterocycles. The van der Waals surface area contributed by atoms with Crippen molar-refractivity contribution in [3.63, 3.8) is 0 Å². The minimum Gasteiger partial charge on any atom is -0.342 e. The van der Waals surface area contributed by atoms with E-state index in [-0.39, 0.29) is 0 Å². The molecule has 0 saturated carbocycles. The average molecular weight is 302 g/mol. The lowest BCUT2D eigenvalue weighted by atomic mass is 10.0. The predicted molar refractivity (Wildman–Crippen MR) is 99.0 cm³/mol. The molecule has 0 spiro atoms. The molecule has 23 heavy (non-hydrogen) atoms. The fraction of sp³-hybridized carbons (Fsp3) is 0.286. The summed E-state index contributed by atoms with van der Waals surface area (Å²) < 4.78 is 0. The molecule has 4 aromatic rings. The molecule has 0 amide bonds. The Labute approximate surface area is 136 Å². The number of benzene rings is 3. The van der Waals surface area contributed by atoms with Crippen LogP contribution in [0.3, 0.4) is 0 Å². The van der Waals surface area contributed by atoms with Gasteiger partial charge in [-0.1, -0.05) is 68.7 Å². The number of rotatable bonds is 5. The third-order valence-corrected chi connectivity index (χ3v) is 4.69. The highest BCUT2D eigenvalue weighted by molar-refractivity contribution is 6.15. The van der Waals surface area contributed by atoms with Crippen molar-refractivity contribution < 1.29 is 0 Å². The van der Waals surface area contributed by atoms with Crippen LogP contribution in [0, 0.1) is 0 Å². The highest BCUT2D eigenvalue weighted by Gasteiger charge is 2.08. The van der Waals surface area contributed by atoms with Crippen LogP contribution in [0.4, 0.5) is 0 Å². The van der Waals surface area contributed by atoms with E-state index in [1.54, 1.807) is 0 Å². The van der Waals surface area contributed by atoms with Crippen molar-refractivity contribution in [1.29, 1.82) is 0 Å². The molecule has 0 unspecified atom stereocenters. The average Bonchev–Trinajstić information content (AvgIpc) is 3.01. The van der Waals surface area contributed by atoms with Gasteiger partial charge in [-0.25, -0.2) is 4.98 Å². The van der Waals surface area contributed by atoms with Crippen LogP contribution < -0.4 is 0 Å². The number of imidazole rings is 1. The third kappa shape index (κ3) is 2.59. The zero-order valence-electron chi connectivity index (χ0n) is 13.6. The number of unbranched alkanes of at least 4 members (excludes halogenated alkanes) is 3. The summed E-state index contributed by atoms with van der Waals surface area (Å²) in [6, 6.07) is 17.4. The van der Waals surface area contributed by atoms with Crippen LogP contribution >= 0.6 is 0 Å². The van der Waals surface area contributed by atoms with Gasteiger partial charge >= 0.3 is 0 Å². The normalized spacial score (nSPS) is 11.7. The molecule has 2 heteroatoms. The van der Waals surface area contributed by atoms with E-state index in [1.807, 2.05) is 0 Å². The van der Waals surface area contributed by atoms with Gasteiger partial charge in [0.1, 0.15) is 5.82 Å². The maximum Gasteiger partial charge on any atom is 0.107 e. The van der Waals surface area contributed by atoms with E-state index in [2.05, 4.69) is 60.4 Å². The molecule has 1 N–H and O–H groups in total. The van der Waals surface area contributed by atoms with E-state index in [0.717, 1.165) is 23.3 Å². The number of aromatic nitrogens is 2. The Balaban J connectivity index is 1.78. The fourth-order valence-electron chi connectivity index (χ4n) is 3.45. The number of aryl methyl sites for hydroxylation is 1. The molecule has 1 heterocycles. The lowest BCUT2D eigenvalue weighted by molar-refractivity contribution is 0.656. The maximum atomic E-state index is 4.89. The first-order chi connectivity index (χ1) is 11.4. The first-order valence-electron chi connectivity index (χ1n) is 8.66. The van der Waals surface area contributed by atoms with Crippen LogP contribution in [0.25, 0.3) is 32.6 Å². The second-order valence-electron chi connectivity index (χ2n) is 6.34. The van der Waals surface area contributed by atoms with Crippen LogP contribution in [0.1, 0.15) is 38.4 Å². The van der Waals surface area contributed by atoms with E-state index in [0.29, 0.717) is 0 Å². The Kier molecular flexibility index (Phi) is 3.74. The van der Waals surface area contributed by atoms with E-state index < -0.39 is 0 Å². The number of H-pyrrole nitrogens is 1. The minimum atomic E-state index is 1.05. The van der Waals surface area contributed by atoms with Crippen LogP contribution in [0.5, 0.6) is 0 Å². The van der Waals surface area contributed by atoms with Crippen molar-refractivity contribution >= 4 is 32.6 Å². The summed E-state index contributed by atoms with van der Waals surface area (Å²) >= 11 is 0. The first-order valence-corrected chi connectivity index (χ1v) is 8.66. The van der Waals surface area contributed by atoms with E-state index >= 15 is 0 Å². The zero-order valence-corrected chi connectivity index (χ0v) is 13.6. The summed E-state index contributed by atoms with van der Waals surface area (Å²) in [6.07, 6.45) is 6.14. The van der Waals surface area contributed by atoms with Gasteiger partial charge in [0, 0.05) is 11.8 Å². The van der Waals surface area contributed by atoms with Crippen molar-refractivity contribution in [3.05, 3.63) is 54.4 Å². The standard InChI is InChI=1S/C21H22N2/c1-2-3-4-5-10-20-22-19-14-13-17-16-9-7-6-8-15(16)11-12-18(17)21(19)23-20/h6-9,11-14H,2-5,10H2,1H3,(H,22,23). The highest BCUT2D eigenvalue weighted by atomic mass is 14.9.